The SMILES string of the molecule is C=C1/C(=C/C=C2\CCC[C@]3(C)[C@@H]([C@H](C)CCCC(C)(C)O[Si](CC)(CC)CC)CC[C@@H]23)C[C@@H](O[Si](CC)(CC)CC)[C@@H](OCCCO[Si](CC)(CC)CC)[C@@H]1O[Si](CC)(CC)CC. The zero-order valence-electron chi connectivity index (χ0n) is 44.8. The minimum Gasteiger partial charge on any atom is -0.417 e. The van der Waals surface area contributed by atoms with Crippen molar-refractivity contribution in [3.63, 3.8) is 0 Å². The molecule has 368 valence electrons. The third kappa shape index (κ3) is 14.2. The Hall–Kier alpha value is -0.112. The zero-order chi connectivity index (χ0) is 47.1. The Balaban J connectivity index is 1.92. The quantitative estimate of drug-likeness (QED) is 0.0530. The van der Waals surface area contributed by atoms with Crippen LogP contribution >= 0.6 is 0 Å². The van der Waals surface area contributed by atoms with Crippen molar-refractivity contribution in [1.82, 2.24) is 0 Å². The fourth-order valence-corrected chi connectivity index (χ4v) is 24.5. The number of ether oxygens (including phenoxy) is 1. The average molecular weight is 948 g/mol. The van der Waals surface area contributed by atoms with Gasteiger partial charge in [-0.15, -0.1) is 0 Å². The molecule has 0 aliphatic heterocycles. The van der Waals surface area contributed by atoms with Gasteiger partial charge in [0.25, 0.3) is 0 Å². The molecule has 0 aromatic heterocycles. The average Bonchev–Trinajstić information content (AvgIpc) is 3.66. The molecule has 7 atom stereocenters. The Kier molecular flexibility index (Phi) is 23.6. The Morgan fingerprint density at radius 3 is 1.78 bits per heavy atom. The van der Waals surface area contributed by atoms with E-state index < -0.39 is 33.3 Å². The van der Waals surface area contributed by atoms with Gasteiger partial charge < -0.3 is 22.4 Å². The maximum atomic E-state index is 7.56. The van der Waals surface area contributed by atoms with Crippen molar-refractivity contribution in [3.8, 4) is 0 Å². The third-order valence-electron chi connectivity index (χ3n) is 18.5. The molecule has 3 rings (SSSR count). The Labute approximate surface area is 397 Å². The summed E-state index contributed by atoms with van der Waals surface area (Å²) in [5, 5.41) is 0. The largest absolute Gasteiger partial charge is 0.417 e. The predicted molar refractivity (Wildman–Crippen MR) is 285 cm³/mol. The lowest BCUT2D eigenvalue weighted by Crippen LogP contribution is -2.55. The highest BCUT2D eigenvalue weighted by molar-refractivity contribution is 6.74. The van der Waals surface area contributed by atoms with E-state index in [1.165, 1.54) is 93.2 Å². The minimum absolute atomic E-state index is 0.0184. The molecule has 3 aliphatic rings. The second-order valence-electron chi connectivity index (χ2n) is 21.7. The maximum Gasteiger partial charge on any atom is 0.193 e. The molecular weight excluding hydrogens is 841 g/mol. The Morgan fingerprint density at radius 2 is 1.24 bits per heavy atom. The molecule has 3 saturated carbocycles. The van der Waals surface area contributed by atoms with Crippen LogP contribution in [-0.2, 0) is 22.4 Å². The van der Waals surface area contributed by atoms with Gasteiger partial charge in [0.2, 0.25) is 0 Å². The van der Waals surface area contributed by atoms with Crippen LogP contribution in [0, 0.1) is 23.2 Å². The highest BCUT2D eigenvalue weighted by atomic mass is 28.4. The molecule has 0 unspecified atom stereocenters. The van der Waals surface area contributed by atoms with E-state index in [-0.39, 0.29) is 23.9 Å². The predicted octanol–water partition coefficient (Wildman–Crippen LogP) is 17.2. The molecule has 0 radical (unpaired) electrons. The lowest BCUT2D eigenvalue weighted by molar-refractivity contribution is -0.0871. The van der Waals surface area contributed by atoms with E-state index in [2.05, 4.69) is 123 Å². The Morgan fingerprint density at radius 1 is 0.698 bits per heavy atom. The lowest BCUT2D eigenvalue weighted by Gasteiger charge is -2.47. The molecular formula is C54H106O5Si4. The first-order valence-electron chi connectivity index (χ1n) is 27.3. The number of fused-ring (bicyclic) bond motifs is 1. The Bertz CT molecular complexity index is 1380. The van der Waals surface area contributed by atoms with Crippen LogP contribution in [0.3, 0.4) is 0 Å². The molecule has 0 bridgehead atoms. The maximum absolute atomic E-state index is 7.56. The summed E-state index contributed by atoms with van der Waals surface area (Å²) in [6.07, 6.45) is 16.8. The molecule has 3 aliphatic carbocycles. The normalized spacial score (nSPS) is 27.1. The van der Waals surface area contributed by atoms with Gasteiger partial charge in [-0.25, -0.2) is 0 Å². The summed E-state index contributed by atoms with van der Waals surface area (Å²) in [4.78, 5) is 0. The van der Waals surface area contributed by atoms with Crippen molar-refractivity contribution in [3.05, 3.63) is 35.5 Å². The van der Waals surface area contributed by atoms with Gasteiger partial charge in [-0.2, -0.15) is 0 Å². The van der Waals surface area contributed by atoms with E-state index in [4.69, 9.17) is 29.0 Å². The fourth-order valence-electron chi connectivity index (χ4n) is 12.9. The fraction of sp³-hybridized carbons (Fsp3) is 0.889. The molecule has 0 aromatic carbocycles. The van der Waals surface area contributed by atoms with Gasteiger partial charge >= 0.3 is 0 Å². The molecule has 0 saturated heterocycles. The van der Waals surface area contributed by atoms with Crippen molar-refractivity contribution in [2.75, 3.05) is 13.2 Å². The first kappa shape index (κ1) is 57.2. The molecule has 3 fully saturated rings. The van der Waals surface area contributed by atoms with E-state index in [1.54, 1.807) is 5.57 Å². The van der Waals surface area contributed by atoms with Gasteiger partial charge in [-0.3, -0.25) is 0 Å². The van der Waals surface area contributed by atoms with Crippen molar-refractivity contribution in [2.24, 2.45) is 23.2 Å². The highest BCUT2D eigenvalue weighted by Crippen LogP contribution is 2.60. The highest BCUT2D eigenvalue weighted by Gasteiger charge is 2.51. The molecule has 0 heterocycles. The van der Waals surface area contributed by atoms with E-state index >= 15 is 0 Å². The lowest BCUT2D eigenvalue weighted by atomic mass is 9.60. The van der Waals surface area contributed by atoms with Crippen LogP contribution in [-0.4, -0.2) is 70.4 Å². The smallest absolute Gasteiger partial charge is 0.193 e. The monoisotopic (exact) mass is 947 g/mol. The van der Waals surface area contributed by atoms with Gasteiger partial charge in [0.05, 0.1) is 17.8 Å². The van der Waals surface area contributed by atoms with Gasteiger partial charge in [0, 0.05) is 19.6 Å². The van der Waals surface area contributed by atoms with Crippen molar-refractivity contribution in [2.45, 2.75) is 271 Å². The van der Waals surface area contributed by atoms with Crippen molar-refractivity contribution < 1.29 is 22.4 Å². The molecule has 0 N–H and O–H groups in total. The summed E-state index contributed by atoms with van der Waals surface area (Å²) >= 11 is 0. The molecule has 0 amide bonds. The second kappa shape index (κ2) is 26.0. The first-order valence-corrected chi connectivity index (χ1v) is 37.4. The number of rotatable bonds is 30. The summed E-state index contributed by atoms with van der Waals surface area (Å²) in [7, 11) is -7.24. The number of hydrogen-bond acceptors (Lipinski definition) is 5. The standard InChI is InChI=1S/C54H106O5Si4/c1-18-60(19-2,20-3)56-42-32-41-55-52-50(57-61(21-4,22-5)23-6)43-47(45(14)51(52)58-62(24-7,25-8)26-9)36-35-46-34-31-40-54(17)48(37-38-49(46)54)44(13)33-30-39-53(15,16)59-63(27-10,28-11)29-12/h35-36,44,48-52H,14,18-34,37-43H2,1-13,15-17H3/b46-35+,47-36+/t44-,48-,49+,50-,51-,52-,54-/m1/s1. The van der Waals surface area contributed by atoms with Crippen LogP contribution < -0.4 is 0 Å². The van der Waals surface area contributed by atoms with E-state index in [0.29, 0.717) is 17.9 Å². The van der Waals surface area contributed by atoms with Gasteiger partial charge in [-0.1, -0.05) is 134 Å². The molecule has 0 aromatic rings. The topological polar surface area (TPSA) is 46.2 Å². The van der Waals surface area contributed by atoms with Crippen molar-refractivity contribution >= 4 is 33.3 Å². The number of hydrogen-bond donors (Lipinski definition) is 0. The summed E-state index contributed by atoms with van der Waals surface area (Å²) in [5.74, 6) is 2.20. The van der Waals surface area contributed by atoms with E-state index in [1.807, 2.05) is 0 Å². The minimum atomic E-state index is -2.02. The summed E-state index contributed by atoms with van der Waals surface area (Å²) in [6, 6.07) is 14.0. The summed E-state index contributed by atoms with van der Waals surface area (Å²) in [6.45, 7) is 44.6. The van der Waals surface area contributed by atoms with E-state index in [9.17, 15) is 0 Å². The second-order valence-corrected chi connectivity index (χ2v) is 40.6. The summed E-state index contributed by atoms with van der Waals surface area (Å²) in [5.41, 5.74) is 4.53. The van der Waals surface area contributed by atoms with Crippen molar-refractivity contribution in [1.29, 1.82) is 0 Å². The van der Waals surface area contributed by atoms with Gasteiger partial charge in [0.15, 0.2) is 33.3 Å². The van der Waals surface area contributed by atoms with Gasteiger partial charge in [-0.05, 0) is 166 Å². The zero-order valence-corrected chi connectivity index (χ0v) is 48.8. The first-order chi connectivity index (χ1) is 29.9. The summed E-state index contributed by atoms with van der Waals surface area (Å²) < 4.78 is 35.9. The molecule has 9 heteroatoms. The van der Waals surface area contributed by atoms with Crippen LogP contribution in [0.25, 0.3) is 0 Å². The van der Waals surface area contributed by atoms with Crippen LogP contribution in [0.5, 0.6) is 0 Å². The molecule has 5 nitrogen and oxygen atoms in total. The van der Waals surface area contributed by atoms with Crippen LogP contribution in [0.15, 0.2) is 35.5 Å². The third-order valence-corrected chi connectivity index (χ3v) is 37.3. The van der Waals surface area contributed by atoms with E-state index in [0.717, 1.165) is 73.1 Å². The molecule has 63 heavy (non-hydrogen) atoms. The van der Waals surface area contributed by atoms with Crippen LogP contribution in [0.2, 0.25) is 72.5 Å². The van der Waals surface area contributed by atoms with Crippen LogP contribution in [0.4, 0.5) is 0 Å². The van der Waals surface area contributed by atoms with Gasteiger partial charge in [0.1, 0.15) is 6.10 Å². The molecule has 0 spiro atoms. The van der Waals surface area contributed by atoms with Crippen LogP contribution in [0.1, 0.15) is 175 Å². The number of allylic oxidation sites excluding steroid dienone is 3.